The van der Waals surface area contributed by atoms with Crippen molar-refractivity contribution in [3.8, 4) is 0 Å². The van der Waals surface area contributed by atoms with Crippen LogP contribution in [0.4, 0.5) is 11.4 Å². The number of hydrogen-bond donors (Lipinski definition) is 2. The summed E-state index contributed by atoms with van der Waals surface area (Å²) < 4.78 is 1.02. The van der Waals surface area contributed by atoms with E-state index in [0.29, 0.717) is 5.69 Å². The highest BCUT2D eigenvalue weighted by Gasteiger charge is 2.09. The normalized spacial score (nSPS) is 10.2. The van der Waals surface area contributed by atoms with Crippen LogP contribution in [0.5, 0.6) is 0 Å². The van der Waals surface area contributed by atoms with Crippen LogP contribution >= 0.6 is 15.9 Å². The quantitative estimate of drug-likeness (QED) is 0.850. The Labute approximate surface area is 133 Å². The Balaban J connectivity index is 2.10. The molecular weight excluding hydrogens is 330 g/mol. The minimum absolute atomic E-state index is 0.211. The van der Waals surface area contributed by atoms with E-state index in [0.717, 1.165) is 34.4 Å². The van der Waals surface area contributed by atoms with E-state index >= 15 is 0 Å². The fraction of sp³-hybridized carbons (Fsp3) is 0.250. The lowest BCUT2D eigenvalue weighted by molar-refractivity contribution is 0.102. The Kier molecular flexibility index (Phi) is 5.33. The largest absolute Gasteiger partial charge is 0.385 e. The van der Waals surface area contributed by atoms with Crippen LogP contribution in [0, 0.1) is 6.92 Å². The molecule has 0 bridgehead atoms. The van der Waals surface area contributed by atoms with E-state index in [1.165, 1.54) is 0 Å². The molecule has 0 fully saturated rings. The van der Waals surface area contributed by atoms with Crippen LogP contribution in [-0.2, 0) is 0 Å². The van der Waals surface area contributed by atoms with Crippen LogP contribution in [0.2, 0.25) is 0 Å². The zero-order chi connectivity index (χ0) is 15.2. The van der Waals surface area contributed by atoms with Gasteiger partial charge in [0.2, 0.25) is 0 Å². The molecule has 1 aromatic carbocycles. The number of nitrogens with one attached hydrogen (secondary N) is 2. The number of aryl methyl sites for hydroxylation is 1. The van der Waals surface area contributed by atoms with Crippen LogP contribution in [0.1, 0.15) is 29.4 Å². The molecular formula is C16H18BrN3O. The molecule has 1 amide bonds. The Morgan fingerprint density at radius 3 is 2.76 bits per heavy atom. The molecule has 2 N–H and O–H groups in total. The number of amides is 1. The monoisotopic (exact) mass is 347 g/mol. The second-order valence-corrected chi connectivity index (χ2v) is 5.63. The Hall–Kier alpha value is -1.88. The maximum absolute atomic E-state index is 12.2. The molecule has 1 aromatic heterocycles. The summed E-state index contributed by atoms with van der Waals surface area (Å²) in [5, 5.41) is 6.10. The van der Waals surface area contributed by atoms with Crippen molar-refractivity contribution in [3.05, 3.63) is 52.3 Å². The molecule has 0 atom stereocenters. The zero-order valence-corrected chi connectivity index (χ0v) is 13.7. The van der Waals surface area contributed by atoms with Crippen molar-refractivity contribution in [3.63, 3.8) is 0 Å². The van der Waals surface area contributed by atoms with E-state index in [2.05, 4.69) is 38.5 Å². The number of pyridine rings is 1. The number of benzene rings is 1. The standard InChI is InChI=1S/C16H18BrN3O/c1-3-7-18-12-6-8-19-15(10-12)16(21)20-13-4-5-14(17)11(2)9-13/h4-6,8-10H,3,7H2,1-2H3,(H,18,19)(H,20,21). The van der Waals surface area contributed by atoms with Gasteiger partial charge in [0.15, 0.2) is 0 Å². The van der Waals surface area contributed by atoms with Crippen LogP contribution in [-0.4, -0.2) is 17.4 Å². The summed E-state index contributed by atoms with van der Waals surface area (Å²) in [6.07, 6.45) is 2.67. The third kappa shape index (κ3) is 4.29. The summed E-state index contributed by atoms with van der Waals surface area (Å²) >= 11 is 3.44. The van der Waals surface area contributed by atoms with Crippen molar-refractivity contribution in [2.75, 3.05) is 17.2 Å². The van der Waals surface area contributed by atoms with Gasteiger partial charge in [-0.25, -0.2) is 0 Å². The highest BCUT2D eigenvalue weighted by Crippen LogP contribution is 2.20. The maximum atomic E-state index is 12.2. The van der Waals surface area contributed by atoms with Gasteiger partial charge in [-0.1, -0.05) is 22.9 Å². The Morgan fingerprint density at radius 1 is 1.24 bits per heavy atom. The summed E-state index contributed by atoms with van der Waals surface area (Å²) in [6.45, 7) is 4.95. The molecule has 21 heavy (non-hydrogen) atoms. The number of halogens is 1. The molecule has 110 valence electrons. The number of nitrogens with zero attached hydrogens (tertiary/aromatic N) is 1. The first-order valence-electron chi connectivity index (χ1n) is 6.87. The summed E-state index contributed by atoms with van der Waals surface area (Å²) in [5.74, 6) is -0.211. The minimum atomic E-state index is -0.211. The van der Waals surface area contributed by atoms with Crippen LogP contribution in [0.3, 0.4) is 0 Å². The van der Waals surface area contributed by atoms with Gasteiger partial charge in [-0.15, -0.1) is 0 Å². The van der Waals surface area contributed by atoms with E-state index in [9.17, 15) is 4.79 Å². The number of hydrogen-bond acceptors (Lipinski definition) is 3. The molecule has 0 aliphatic rings. The summed E-state index contributed by atoms with van der Waals surface area (Å²) in [6, 6.07) is 9.31. The first-order chi connectivity index (χ1) is 10.1. The first-order valence-corrected chi connectivity index (χ1v) is 7.67. The van der Waals surface area contributed by atoms with Gasteiger partial charge < -0.3 is 10.6 Å². The van der Waals surface area contributed by atoms with E-state index in [-0.39, 0.29) is 5.91 Å². The molecule has 1 heterocycles. The van der Waals surface area contributed by atoms with E-state index < -0.39 is 0 Å². The molecule has 0 spiro atoms. The number of aromatic nitrogens is 1. The van der Waals surface area contributed by atoms with Gasteiger partial charge in [-0.3, -0.25) is 9.78 Å². The van der Waals surface area contributed by atoms with Crippen LogP contribution in [0.15, 0.2) is 41.0 Å². The third-order valence-corrected chi connectivity index (χ3v) is 3.88. The number of anilines is 2. The van der Waals surface area contributed by atoms with Gasteiger partial charge in [0, 0.05) is 28.6 Å². The smallest absolute Gasteiger partial charge is 0.274 e. The van der Waals surface area contributed by atoms with Gasteiger partial charge in [-0.05, 0) is 49.2 Å². The third-order valence-electron chi connectivity index (χ3n) is 2.99. The van der Waals surface area contributed by atoms with Gasteiger partial charge in [0.25, 0.3) is 5.91 Å². The Bertz CT molecular complexity index is 643. The fourth-order valence-corrected chi connectivity index (χ4v) is 2.10. The second-order valence-electron chi connectivity index (χ2n) is 4.77. The molecule has 0 unspecified atom stereocenters. The molecule has 2 rings (SSSR count). The van der Waals surface area contributed by atoms with Crippen molar-refractivity contribution < 1.29 is 4.79 Å². The predicted molar refractivity (Wildman–Crippen MR) is 89.8 cm³/mol. The van der Waals surface area contributed by atoms with Crippen LogP contribution < -0.4 is 10.6 Å². The van der Waals surface area contributed by atoms with E-state index in [1.807, 2.05) is 31.2 Å². The second kappa shape index (κ2) is 7.22. The molecule has 0 aliphatic heterocycles. The summed E-state index contributed by atoms with van der Waals surface area (Å²) in [7, 11) is 0. The summed E-state index contributed by atoms with van der Waals surface area (Å²) in [4.78, 5) is 16.3. The zero-order valence-electron chi connectivity index (χ0n) is 12.1. The molecule has 0 saturated heterocycles. The van der Waals surface area contributed by atoms with Gasteiger partial charge >= 0.3 is 0 Å². The highest BCUT2D eigenvalue weighted by atomic mass is 79.9. The SMILES string of the molecule is CCCNc1ccnc(C(=O)Nc2ccc(Br)c(C)c2)c1. The molecule has 0 radical (unpaired) electrons. The minimum Gasteiger partial charge on any atom is -0.385 e. The van der Waals surface area contributed by atoms with Gasteiger partial charge in [0.05, 0.1) is 0 Å². The number of carbonyl (C=O) groups is 1. The first kappa shape index (κ1) is 15.5. The molecule has 0 saturated carbocycles. The van der Waals surface area contributed by atoms with Gasteiger partial charge in [-0.2, -0.15) is 0 Å². The van der Waals surface area contributed by atoms with Gasteiger partial charge in [0.1, 0.15) is 5.69 Å². The highest BCUT2D eigenvalue weighted by molar-refractivity contribution is 9.10. The lowest BCUT2D eigenvalue weighted by Crippen LogP contribution is -2.14. The van der Waals surface area contributed by atoms with Crippen molar-refractivity contribution in [2.45, 2.75) is 20.3 Å². The average Bonchev–Trinajstić information content (AvgIpc) is 2.49. The molecule has 5 heteroatoms. The lowest BCUT2D eigenvalue weighted by Gasteiger charge is -2.08. The number of carbonyl (C=O) groups excluding carboxylic acids is 1. The fourth-order valence-electron chi connectivity index (χ4n) is 1.85. The van der Waals surface area contributed by atoms with Crippen molar-refractivity contribution in [1.82, 2.24) is 4.98 Å². The van der Waals surface area contributed by atoms with E-state index in [4.69, 9.17) is 0 Å². The Morgan fingerprint density at radius 2 is 2.05 bits per heavy atom. The maximum Gasteiger partial charge on any atom is 0.274 e. The van der Waals surface area contributed by atoms with Crippen molar-refractivity contribution >= 4 is 33.2 Å². The van der Waals surface area contributed by atoms with Crippen molar-refractivity contribution in [2.24, 2.45) is 0 Å². The summed E-state index contributed by atoms with van der Waals surface area (Å²) in [5.41, 5.74) is 3.13. The lowest BCUT2D eigenvalue weighted by atomic mass is 10.2. The average molecular weight is 348 g/mol. The number of rotatable bonds is 5. The van der Waals surface area contributed by atoms with Crippen LogP contribution in [0.25, 0.3) is 0 Å². The molecule has 4 nitrogen and oxygen atoms in total. The topological polar surface area (TPSA) is 54.0 Å². The molecule has 0 aliphatic carbocycles. The predicted octanol–water partition coefficient (Wildman–Crippen LogP) is 4.23. The van der Waals surface area contributed by atoms with E-state index in [1.54, 1.807) is 12.3 Å². The van der Waals surface area contributed by atoms with Crippen molar-refractivity contribution in [1.29, 1.82) is 0 Å². The molecule has 2 aromatic rings.